The Hall–Kier alpha value is -2.75. The quantitative estimate of drug-likeness (QED) is 0.333. The smallest absolute Gasteiger partial charge is 0.314 e. The van der Waals surface area contributed by atoms with Crippen molar-refractivity contribution in [1.82, 2.24) is 15.3 Å². The Morgan fingerprint density at radius 2 is 1.46 bits per heavy atom. The van der Waals surface area contributed by atoms with Gasteiger partial charge in [0.1, 0.15) is 6.10 Å². The summed E-state index contributed by atoms with van der Waals surface area (Å²) in [6.07, 6.45) is 7.82. The van der Waals surface area contributed by atoms with Crippen LogP contribution in [0.3, 0.4) is 0 Å². The van der Waals surface area contributed by atoms with Crippen molar-refractivity contribution in [3.63, 3.8) is 0 Å². The number of aliphatic carboxylic acids is 1. The van der Waals surface area contributed by atoms with Crippen molar-refractivity contribution in [3.05, 3.63) is 11.1 Å². The van der Waals surface area contributed by atoms with Crippen LogP contribution in [0.4, 0.5) is 0 Å². The Bertz CT molecular complexity index is 1450. The molecule has 4 saturated carbocycles. The van der Waals surface area contributed by atoms with Gasteiger partial charge < -0.3 is 14.7 Å². The Kier molecular flexibility index (Phi) is 10.3. The number of carbonyl (C=O) groups is 5. The molecule has 1 heterocycles. The van der Waals surface area contributed by atoms with Gasteiger partial charge in [-0.15, -0.1) is 0 Å². The number of rotatable bonds is 4. The van der Waals surface area contributed by atoms with Gasteiger partial charge in [-0.25, -0.2) is 5.01 Å². The molecule has 0 aromatic carbocycles. The number of piperazine rings is 1. The van der Waals surface area contributed by atoms with Crippen LogP contribution >= 0.6 is 0 Å². The summed E-state index contributed by atoms with van der Waals surface area (Å²) in [5.74, 6) is 0.382. The average molecular weight is 698 g/mol. The molecule has 0 bridgehead atoms. The number of allylic oxidation sites excluding steroid dienone is 1. The number of Topliss-reactive ketones (excluding diaryl/α,β-unsaturated/α-hetero) is 1. The lowest BCUT2D eigenvalue weighted by Gasteiger charge is -2.72. The fourth-order valence-corrected chi connectivity index (χ4v) is 12.6. The van der Waals surface area contributed by atoms with E-state index >= 15 is 0 Å². The molecule has 10 nitrogen and oxygen atoms in total. The molecule has 0 unspecified atom stereocenters. The fraction of sp³-hybridized carbons (Fsp3) is 0.825. The molecule has 10 heteroatoms. The second-order valence-electron chi connectivity index (χ2n) is 18.2. The van der Waals surface area contributed by atoms with Gasteiger partial charge in [-0.1, -0.05) is 48.5 Å². The number of nitrogens with one attached hydrogen (secondary N) is 1. The lowest BCUT2D eigenvalue weighted by molar-refractivity contribution is -0.233. The summed E-state index contributed by atoms with van der Waals surface area (Å²) in [5.41, 5.74) is 3.69. The number of amides is 2. The zero-order valence-electron chi connectivity index (χ0n) is 32.4. The predicted octanol–water partition coefficient (Wildman–Crippen LogP) is 6.19. The van der Waals surface area contributed by atoms with E-state index in [0.717, 1.165) is 56.1 Å². The van der Waals surface area contributed by atoms with E-state index in [2.05, 4.69) is 53.9 Å². The Morgan fingerprint density at radius 3 is 2.00 bits per heavy atom. The molecule has 5 aliphatic carbocycles. The van der Waals surface area contributed by atoms with E-state index < -0.39 is 11.4 Å². The highest BCUT2D eigenvalue weighted by molar-refractivity contribution is 6.05. The van der Waals surface area contributed by atoms with Crippen molar-refractivity contribution in [1.29, 1.82) is 0 Å². The van der Waals surface area contributed by atoms with Gasteiger partial charge in [-0.3, -0.25) is 29.4 Å². The van der Waals surface area contributed by atoms with E-state index in [1.165, 1.54) is 13.8 Å². The summed E-state index contributed by atoms with van der Waals surface area (Å²) in [5, 5.41) is 12.3. The number of ketones is 1. The third-order valence-corrected chi connectivity index (χ3v) is 15.1. The van der Waals surface area contributed by atoms with Gasteiger partial charge in [-0.2, -0.15) is 0 Å². The molecule has 0 radical (unpaired) electrons. The Balaban J connectivity index is 0.000000315. The Morgan fingerprint density at radius 1 is 0.820 bits per heavy atom. The van der Waals surface area contributed by atoms with Crippen LogP contribution in [0.15, 0.2) is 11.1 Å². The van der Waals surface area contributed by atoms with Crippen molar-refractivity contribution in [2.75, 3.05) is 26.2 Å². The zero-order valence-corrected chi connectivity index (χ0v) is 32.4. The first-order valence-corrected chi connectivity index (χ1v) is 19.1. The van der Waals surface area contributed by atoms with Gasteiger partial charge in [0.15, 0.2) is 5.78 Å². The number of hydrazine groups is 1. The molecule has 0 aromatic rings. The van der Waals surface area contributed by atoms with Crippen molar-refractivity contribution in [3.8, 4) is 0 Å². The van der Waals surface area contributed by atoms with Gasteiger partial charge in [0.2, 0.25) is 11.8 Å². The molecule has 1 saturated heterocycles. The summed E-state index contributed by atoms with van der Waals surface area (Å²) in [6.45, 7) is 23.6. The molecule has 2 N–H and O–H groups in total. The Labute approximate surface area is 299 Å². The van der Waals surface area contributed by atoms with Crippen LogP contribution in [0, 0.1) is 50.7 Å². The second-order valence-corrected chi connectivity index (χ2v) is 18.2. The van der Waals surface area contributed by atoms with E-state index in [4.69, 9.17) is 4.74 Å². The number of nitrogens with zero attached hydrogens (tertiary/aromatic N) is 2. The maximum Gasteiger partial charge on any atom is 0.314 e. The first-order valence-electron chi connectivity index (χ1n) is 19.1. The van der Waals surface area contributed by atoms with Crippen LogP contribution in [0.5, 0.6) is 0 Å². The molecule has 1 aliphatic heterocycles. The van der Waals surface area contributed by atoms with Crippen LogP contribution in [0.25, 0.3) is 0 Å². The standard InChI is InChI=1S/C32H48O5.C8H15N3O2/c1-18(2)25-21(34)17-32(27(35)36)16-15-30(7)20(26(25)32)9-10-23-29(6)13-12-24(37-19(3)33)28(4,5)22(29)11-14-31(23,30)8;1-7(12)9-11-5-3-10(4-6-11)8(2)13/h18,20,22-24H,9-17H2,1-8H3,(H,35,36);3-6H2,1-2H3,(H,9,12)/t20-,22+,23-,24+,29+,30-,31-,32-;/m1./s1. The predicted molar refractivity (Wildman–Crippen MR) is 190 cm³/mol. The minimum atomic E-state index is -0.991. The van der Waals surface area contributed by atoms with Gasteiger partial charge >= 0.3 is 11.9 Å². The summed E-state index contributed by atoms with van der Waals surface area (Å²) in [6, 6.07) is 0. The molecule has 6 aliphatic rings. The molecule has 6 rings (SSSR count). The number of carbonyl (C=O) groups excluding carboxylic acids is 4. The van der Waals surface area contributed by atoms with Crippen LogP contribution in [0.1, 0.15) is 127 Å². The first-order chi connectivity index (χ1) is 23.2. The number of ether oxygens (including phenoxy) is 1. The van der Waals surface area contributed by atoms with Gasteiger partial charge in [0.25, 0.3) is 0 Å². The van der Waals surface area contributed by atoms with E-state index in [-0.39, 0.29) is 69.6 Å². The van der Waals surface area contributed by atoms with E-state index in [1.54, 1.807) is 11.8 Å². The molecule has 0 aromatic heterocycles. The molecule has 50 heavy (non-hydrogen) atoms. The molecule has 2 amide bonds. The van der Waals surface area contributed by atoms with Gasteiger partial charge in [-0.05, 0) is 102 Å². The van der Waals surface area contributed by atoms with Crippen LogP contribution in [-0.2, 0) is 28.7 Å². The minimum absolute atomic E-state index is 0.0280. The molecule has 280 valence electrons. The third kappa shape index (κ3) is 6.03. The summed E-state index contributed by atoms with van der Waals surface area (Å²) in [7, 11) is 0. The maximum absolute atomic E-state index is 13.3. The second kappa shape index (κ2) is 13.3. The number of esters is 1. The van der Waals surface area contributed by atoms with E-state index in [1.807, 2.05) is 5.01 Å². The maximum atomic E-state index is 13.3. The van der Waals surface area contributed by atoms with E-state index in [9.17, 15) is 29.1 Å². The SMILES string of the molecule is CC(=O)NN1CCN(C(C)=O)CC1.CC(=O)O[C@H]1CC[C@]2(C)[C@H]3CC[C@@H]4C5=C(C(C)C)C(=O)C[C@]5(C(=O)O)CC[C@@]4(C)[C@]3(C)CC[C@H]2C1(C)C. The average Bonchev–Trinajstić information content (AvgIpc) is 3.32. The van der Waals surface area contributed by atoms with Crippen molar-refractivity contribution >= 4 is 29.5 Å². The number of hydrogen-bond donors (Lipinski definition) is 2. The van der Waals surface area contributed by atoms with Gasteiger partial charge in [0.05, 0.1) is 5.41 Å². The van der Waals surface area contributed by atoms with Crippen LogP contribution in [-0.4, -0.2) is 76.8 Å². The molecular weight excluding hydrogens is 634 g/mol. The number of fused-ring (bicyclic) bond motifs is 7. The lowest BCUT2D eigenvalue weighted by atomic mass is 9.33. The highest BCUT2D eigenvalue weighted by atomic mass is 16.5. The zero-order chi connectivity index (χ0) is 37.2. The summed E-state index contributed by atoms with van der Waals surface area (Å²) < 4.78 is 5.86. The third-order valence-electron chi connectivity index (χ3n) is 15.1. The minimum Gasteiger partial charge on any atom is -0.481 e. The largest absolute Gasteiger partial charge is 0.481 e. The first kappa shape index (κ1) is 38.5. The summed E-state index contributed by atoms with van der Waals surface area (Å²) in [4.78, 5) is 61.4. The molecule has 5 fully saturated rings. The van der Waals surface area contributed by atoms with Crippen LogP contribution < -0.4 is 5.43 Å². The topological polar surface area (TPSA) is 133 Å². The highest BCUT2D eigenvalue weighted by Crippen LogP contribution is 2.76. The molecular formula is C40H63N3O7. The van der Waals surface area contributed by atoms with Crippen molar-refractivity contribution in [2.24, 2.45) is 50.7 Å². The van der Waals surface area contributed by atoms with Crippen LogP contribution in [0.2, 0.25) is 0 Å². The fourth-order valence-electron chi connectivity index (χ4n) is 12.6. The number of carboxylic acids is 1. The highest BCUT2D eigenvalue weighted by Gasteiger charge is 2.71. The molecule has 0 spiro atoms. The van der Waals surface area contributed by atoms with E-state index in [0.29, 0.717) is 44.4 Å². The number of hydrogen-bond acceptors (Lipinski definition) is 7. The molecule has 8 atom stereocenters. The normalized spacial score (nSPS) is 39.3. The lowest BCUT2D eigenvalue weighted by Crippen LogP contribution is -2.66. The van der Waals surface area contributed by atoms with Gasteiger partial charge in [0, 0.05) is 58.8 Å². The van der Waals surface area contributed by atoms with Crippen molar-refractivity contribution < 1.29 is 33.8 Å². The monoisotopic (exact) mass is 697 g/mol. The van der Waals surface area contributed by atoms with Crippen molar-refractivity contribution in [2.45, 2.75) is 133 Å². The number of carboxylic acid groups (broad SMARTS) is 1. The summed E-state index contributed by atoms with van der Waals surface area (Å²) >= 11 is 0.